The largest absolute Gasteiger partial charge is 0.490 e. The molecule has 4 rings (SSSR count). The molecule has 4 N–H and O–H groups in total. The van der Waals surface area contributed by atoms with Crippen LogP contribution >= 0.6 is 0 Å². The number of carbonyl (C=O) groups excluding carboxylic acids is 2. The average Bonchev–Trinajstić information content (AvgIpc) is 3.63. The number of amides is 1. The minimum atomic E-state index is -5.08. The maximum absolute atomic E-state index is 13.2. The van der Waals surface area contributed by atoms with Gasteiger partial charge in [0, 0.05) is 36.7 Å². The highest BCUT2D eigenvalue weighted by Gasteiger charge is 2.38. The van der Waals surface area contributed by atoms with Crippen LogP contribution in [-0.4, -0.2) is 66.0 Å². The van der Waals surface area contributed by atoms with Gasteiger partial charge in [0.15, 0.2) is 0 Å². The van der Waals surface area contributed by atoms with Crippen LogP contribution in [0.15, 0.2) is 60.8 Å². The van der Waals surface area contributed by atoms with E-state index in [0.717, 1.165) is 41.4 Å². The predicted molar refractivity (Wildman–Crippen MR) is 145 cm³/mol. The third kappa shape index (κ3) is 9.05. The molecule has 0 saturated carbocycles. The number of H-pyrrole nitrogens is 1. The Labute approximate surface area is 235 Å². The topological polar surface area (TPSA) is 130 Å². The summed E-state index contributed by atoms with van der Waals surface area (Å²) >= 11 is 0. The molecule has 41 heavy (non-hydrogen) atoms. The van der Waals surface area contributed by atoms with E-state index in [0.29, 0.717) is 6.42 Å². The van der Waals surface area contributed by atoms with E-state index in [2.05, 4.69) is 15.6 Å². The first-order valence-corrected chi connectivity index (χ1v) is 13.1. The lowest BCUT2D eigenvalue weighted by Gasteiger charge is -2.28. The summed E-state index contributed by atoms with van der Waals surface area (Å²) in [5.74, 6) is -3.86. The van der Waals surface area contributed by atoms with Crippen molar-refractivity contribution in [2.45, 2.75) is 57.2 Å². The standard InChI is InChI=1S/C27H33N3O4.C2HF3O2/c1-18(25(33-2)23-13-8-14-28-23)26(31)30-24(27(32)34-17-19-9-4-3-5-10-19)15-20-16-29-22-12-7-6-11-21(20)22;3-2(4,5)1(6)7/h3-7,9-12,16,18,23-25,28-29H,8,13-15,17H2,1-2H3,(H,30,31);(H,6,7)/t18-,23+,24+,25-;/m1./s1. The van der Waals surface area contributed by atoms with Crippen LogP contribution in [-0.2, 0) is 36.9 Å². The highest BCUT2D eigenvalue weighted by molar-refractivity contribution is 5.88. The number of alkyl halides is 3. The Bertz CT molecular complexity index is 1290. The molecule has 1 aromatic heterocycles. The molecule has 3 aromatic rings. The SMILES string of the molecule is CO[C@@H]([C@@H]1CCCN1)[C@@H](C)C(=O)N[C@@H](Cc1c[nH]c2ccccc12)C(=O)OCc1ccccc1.O=C(O)C(F)(F)F. The van der Waals surface area contributed by atoms with Crippen LogP contribution in [0.1, 0.15) is 30.9 Å². The second-order valence-electron chi connectivity index (χ2n) is 9.71. The zero-order valence-electron chi connectivity index (χ0n) is 22.7. The number of fused-ring (bicyclic) bond motifs is 1. The fourth-order valence-corrected chi connectivity index (χ4v) is 4.70. The molecule has 0 unspecified atom stereocenters. The van der Waals surface area contributed by atoms with Gasteiger partial charge >= 0.3 is 18.1 Å². The van der Waals surface area contributed by atoms with E-state index in [1.165, 1.54) is 0 Å². The van der Waals surface area contributed by atoms with E-state index < -0.39 is 30.1 Å². The van der Waals surface area contributed by atoms with Gasteiger partial charge in [0.05, 0.1) is 12.0 Å². The minimum Gasteiger partial charge on any atom is -0.475 e. The van der Waals surface area contributed by atoms with Crippen molar-refractivity contribution >= 4 is 28.7 Å². The highest BCUT2D eigenvalue weighted by atomic mass is 19.4. The van der Waals surface area contributed by atoms with Gasteiger partial charge in [0.1, 0.15) is 12.6 Å². The number of carbonyl (C=O) groups is 3. The summed E-state index contributed by atoms with van der Waals surface area (Å²) < 4.78 is 43.0. The Morgan fingerprint density at radius 2 is 1.76 bits per heavy atom. The summed E-state index contributed by atoms with van der Waals surface area (Å²) in [6.07, 6.45) is -1.10. The average molecular weight is 578 g/mol. The van der Waals surface area contributed by atoms with Gasteiger partial charge in [-0.25, -0.2) is 9.59 Å². The van der Waals surface area contributed by atoms with Crippen molar-refractivity contribution in [2.75, 3.05) is 13.7 Å². The quantitative estimate of drug-likeness (QED) is 0.268. The number of carboxylic acid groups (broad SMARTS) is 1. The lowest BCUT2D eigenvalue weighted by molar-refractivity contribution is -0.192. The lowest BCUT2D eigenvalue weighted by Crippen LogP contribution is -2.51. The third-order valence-electron chi connectivity index (χ3n) is 6.84. The first kappa shape index (κ1) is 31.6. The number of carboxylic acids is 1. The molecule has 2 heterocycles. The number of hydrogen-bond acceptors (Lipinski definition) is 6. The molecular formula is C29H34F3N3O6. The zero-order valence-corrected chi connectivity index (χ0v) is 22.7. The summed E-state index contributed by atoms with van der Waals surface area (Å²) in [5, 5.41) is 14.5. The molecule has 1 aliphatic rings. The van der Waals surface area contributed by atoms with Crippen LogP contribution in [0.4, 0.5) is 13.2 Å². The Balaban J connectivity index is 0.000000587. The number of benzene rings is 2. The summed E-state index contributed by atoms with van der Waals surface area (Å²) in [6, 6.07) is 16.7. The molecule has 9 nitrogen and oxygen atoms in total. The summed E-state index contributed by atoms with van der Waals surface area (Å²) in [5.41, 5.74) is 2.83. The van der Waals surface area contributed by atoms with E-state index in [1.54, 1.807) is 7.11 Å². The van der Waals surface area contributed by atoms with E-state index in [1.807, 2.05) is 67.7 Å². The van der Waals surface area contributed by atoms with Gasteiger partial charge in [-0.05, 0) is 36.6 Å². The number of aliphatic carboxylic acids is 1. The van der Waals surface area contributed by atoms with Crippen LogP contribution < -0.4 is 10.6 Å². The number of aromatic amines is 1. The molecule has 1 saturated heterocycles. The Hall–Kier alpha value is -3.90. The number of para-hydroxylation sites is 1. The number of hydrogen-bond donors (Lipinski definition) is 4. The molecule has 1 amide bonds. The lowest BCUT2D eigenvalue weighted by atomic mass is 9.95. The fraction of sp³-hybridized carbons (Fsp3) is 0.414. The molecule has 222 valence electrons. The number of esters is 1. The maximum atomic E-state index is 13.2. The Morgan fingerprint density at radius 1 is 1.10 bits per heavy atom. The monoisotopic (exact) mass is 577 g/mol. The van der Waals surface area contributed by atoms with Crippen LogP contribution in [0.3, 0.4) is 0 Å². The van der Waals surface area contributed by atoms with Gasteiger partial charge in [-0.15, -0.1) is 0 Å². The van der Waals surface area contributed by atoms with Crippen LogP contribution in [0, 0.1) is 5.92 Å². The van der Waals surface area contributed by atoms with Gasteiger partial charge in [-0.1, -0.05) is 55.5 Å². The van der Waals surface area contributed by atoms with Crippen molar-refractivity contribution in [3.63, 3.8) is 0 Å². The normalized spacial score (nSPS) is 17.1. The number of nitrogens with one attached hydrogen (secondary N) is 3. The molecule has 0 spiro atoms. The molecule has 12 heteroatoms. The molecule has 0 bridgehead atoms. The number of rotatable bonds is 10. The summed E-state index contributed by atoms with van der Waals surface area (Å²) in [4.78, 5) is 38.5. The van der Waals surface area contributed by atoms with Crippen LogP contribution in [0.5, 0.6) is 0 Å². The van der Waals surface area contributed by atoms with Gasteiger partial charge in [0.25, 0.3) is 0 Å². The van der Waals surface area contributed by atoms with Gasteiger partial charge in [-0.2, -0.15) is 13.2 Å². The summed E-state index contributed by atoms with van der Waals surface area (Å²) in [6.45, 7) is 2.93. The molecule has 4 atom stereocenters. The smallest absolute Gasteiger partial charge is 0.475 e. The molecular weight excluding hydrogens is 543 g/mol. The van der Waals surface area contributed by atoms with E-state index >= 15 is 0 Å². The molecule has 0 aliphatic carbocycles. The third-order valence-corrected chi connectivity index (χ3v) is 6.84. The number of halogens is 3. The first-order chi connectivity index (χ1) is 19.5. The maximum Gasteiger partial charge on any atom is 0.490 e. The Morgan fingerprint density at radius 3 is 2.37 bits per heavy atom. The predicted octanol–water partition coefficient (Wildman–Crippen LogP) is 3.98. The van der Waals surface area contributed by atoms with Gasteiger partial charge < -0.3 is 30.2 Å². The molecule has 2 aromatic carbocycles. The second kappa shape index (κ2) is 14.6. The van der Waals surface area contributed by atoms with E-state index in [4.69, 9.17) is 19.4 Å². The van der Waals surface area contributed by atoms with Crippen molar-refractivity contribution in [2.24, 2.45) is 5.92 Å². The highest BCUT2D eigenvalue weighted by Crippen LogP contribution is 2.22. The van der Waals surface area contributed by atoms with Crippen molar-refractivity contribution in [3.8, 4) is 0 Å². The van der Waals surface area contributed by atoms with Crippen molar-refractivity contribution in [1.29, 1.82) is 0 Å². The molecule has 0 radical (unpaired) electrons. The number of aromatic nitrogens is 1. The zero-order chi connectivity index (χ0) is 30.0. The number of methoxy groups -OCH3 is 1. The van der Waals surface area contributed by atoms with Gasteiger partial charge in [0.2, 0.25) is 5.91 Å². The Kier molecular flexibility index (Phi) is 11.3. The van der Waals surface area contributed by atoms with Crippen molar-refractivity contribution in [1.82, 2.24) is 15.6 Å². The van der Waals surface area contributed by atoms with E-state index in [9.17, 15) is 22.8 Å². The molecule has 1 aliphatic heterocycles. The van der Waals surface area contributed by atoms with Crippen LogP contribution in [0.25, 0.3) is 10.9 Å². The first-order valence-electron chi connectivity index (χ1n) is 13.1. The molecule has 1 fully saturated rings. The van der Waals surface area contributed by atoms with Crippen LogP contribution in [0.2, 0.25) is 0 Å². The summed E-state index contributed by atoms with van der Waals surface area (Å²) in [7, 11) is 1.63. The van der Waals surface area contributed by atoms with Crippen molar-refractivity contribution in [3.05, 3.63) is 71.9 Å². The second-order valence-corrected chi connectivity index (χ2v) is 9.71. The number of ether oxygens (including phenoxy) is 2. The minimum absolute atomic E-state index is 0.128. The van der Waals surface area contributed by atoms with Gasteiger partial charge in [-0.3, -0.25) is 4.79 Å². The fourth-order valence-electron chi connectivity index (χ4n) is 4.70. The van der Waals surface area contributed by atoms with Crippen molar-refractivity contribution < 1.29 is 42.1 Å². The van der Waals surface area contributed by atoms with E-state index in [-0.39, 0.29) is 24.7 Å².